The van der Waals surface area contributed by atoms with Crippen molar-refractivity contribution in [2.24, 2.45) is 10.9 Å². The van der Waals surface area contributed by atoms with Gasteiger partial charge in [0.05, 0.1) is 0 Å². The van der Waals surface area contributed by atoms with E-state index in [1.54, 1.807) is 26.1 Å². The standard InChI is InChI=1S/C20H43N5O2/c1-7-9-11-18(8-2)16-22-20(23-17-19(26)24(3)4)21-12-14-25(5)13-10-15-27-6/h18H,7-17H2,1-6H3,(H2,21,22,23). The average molecular weight is 386 g/mol. The van der Waals surface area contributed by atoms with Gasteiger partial charge in [-0.1, -0.05) is 33.1 Å². The van der Waals surface area contributed by atoms with Gasteiger partial charge >= 0.3 is 0 Å². The second-order valence-corrected chi connectivity index (χ2v) is 7.33. The third-order valence-corrected chi connectivity index (χ3v) is 4.65. The number of likely N-dealkylation sites (N-methyl/N-ethyl adjacent to an activating group) is 2. The van der Waals surface area contributed by atoms with Crippen LogP contribution in [-0.2, 0) is 9.53 Å². The zero-order chi connectivity index (χ0) is 20.5. The number of nitrogens with zero attached hydrogens (tertiary/aromatic N) is 3. The van der Waals surface area contributed by atoms with E-state index in [1.165, 1.54) is 19.3 Å². The van der Waals surface area contributed by atoms with Gasteiger partial charge in [0.25, 0.3) is 0 Å². The normalized spacial score (nSPS) is 12.9. The van der Waals surface area contributed by atoms with Crippen molar-refractivity contribution < 1.29 is 9.53 Å². The van der Waals surface area contributed by atoms with Crippen LogP contribution in [0.3, 0.4) is 0 Å². The van der Waals surface area contributed by atoms with Gasteiger partial charge in [-0.05, 0) is 25.8 Å². The largest absolute Gasteiger partial charge is 0.385 e. The zero-order valence-electron chi connectivity index (χ0n) is 18.5. The van der Waals surface area contributed by atoms with Gasteiger partial charge in [-0.25, -0.2) is 4.99 Å². The Morgan fingerprint density at radius 2 is 1.85 bits per heavy atom. The van der Waals surface area contributed by atoms with Crippen molar-refractivity contribution in [3.63, 3.8) is 0 Å². The summed E-state index contributed by atoms with van der Waals surface area (Å²) in [5, 5.41) is 6.80. The summed E-state index contributed by atoms with van der Waals surface area (Å²) >= 11 is 0. The maximum atomic E-state index is 11.9. The number of rotatable bonds is 15. The lowest BCUT2D eigenvalue weighted by Gasteiger charge is -2.20. The first-order valence-corrected chi connectivity index (χ1v) is 10.3. The predicted octanol–water partition coefficient (Wildman–Crippen LogP) is 1.79. The third-order valence-electron chi connectivity index (χ3n) is 4.65. The van der Waals surface area contributed by atoms with Gasteiger partial charge < -0.3 is 25.2 Å². The van der Waals surface area contributed by atoms with Gasteiger partial charge in [-0.3, -0.25) is 4.79 Å². The van der Waals surface area contributed by atoms with Crippen LogP contribution in [0.1, 0.15) is 46.0 Å². The predicted molar refractivity (Wildman–Crippen MR) is 114 cm³/mol. The topological polar surface area (TPSA) is 69.2 Å². The SMILES string of the molecule is CCCCC(CC)CNC(=NCC(=O)N(C)C)NCCN(C)CCCOC. The Bertz CT molecular complexity index is 402. The lowest BCUT2D eigenvalue weighted by Crippen LogP contribution is -2.43. The molecule has 0 fully saturated rings. The summed E-state index contributed by atoms with van der Waals surface area (Å²) in [6, 6.07) is 0. The van der Waals surface area contributed by atoms with Gasteiger partial charge in [0.2, 0.25) is 5.91 Å². The maximum absolute atomic E-state index is 11.9. The van der Waals surface area contributed by atoms with Crippen molar-refractivity contribution in [3.05, 3.63) is 0 Å². The van der Waals surface area contributed by atoms with Crippen molar-refractivity contribution in [2.75, 3.05) is 67.6 Å². The van der Waals surface area contributed by atoms with E-state index in [9.17, 15) is 4.79 Å². The van der Waals surface area contributed by atoms with Crippen LogP contribution < -0.4 is 10.6 Å². The number of unbranched alkanes of at least 4 members (excludes halogenated alkanes) is 1. The molecule has 0 radical (unpaired) electrons. The molecule has 0 spiro atoms. The molecule has 0 aliphatic rings. The lowest BCUT2D eigenvalue weighted by atomic mass is 9.99. The molecule has 7 heteroatoms. The molecule has 0 aromatic carbocycles. The minimum atomic E-state index is 0.00538. The van der Waals surface area contributed by atoms with Crippen LogP contribution in [0, 0.1) is 5.92 Å². The number of nitrogens with one attached hydrogen (secondary N) is 2. The van der Waals surface area contributed by atoms with E-state index >= 15 is 0 Å². The Balaban J connectivity index is 4.51. The first-order chi connectivity index (χ1) is 12.9. The van der Waals surface area contributed by atoms with Crippen molar-refractivity contribution >= 4 is 11.9 Å². The Hall–Kier alpha value is -1.34. The molecule has 1 atom stereocenters. The second kappa shape index (κ2) is 16.8. The molecule has 0 saturated carbocycles. The molecule has 1 amide bonds. The van der Waals surface area contributed by atoms with E-state index in [4.69, 9.17) is 4.74 Å². The Morgan fingerprint density at radius 3 is 2.44 bits per heavy atom. The van der Waals surface area contributed by atoms with Crippen molar-refractivity contribution in [3.8, 4) is 0 Å². The number of methoxy groups -OCH3 is 1. The number of aliphatic imine (C=N–C) groups is 1. The van der Waals surface area contributed by atoms with E-state index in [-0.39, 0.29) is 12.5 Å². The minimum absolute atomic E-state index is 0.00538. The number of guanidine groups is 1. The molecule has 160 valence electrons. The molecule has 0 rings (SSSR count). The van der Waals surface area contributed by atoms with Crippen LogP contribution in [0.5, 0.6) is 0 Å². The van der Waals surface area contributed by atoms with Crippen LogP contribution in [0.2, 0.25) is 0 Å². The van der Waals surface area contributed by atoms with E-state index in [2.05, 4.69) is 41.4 Å². The summed E-state index contributed by atoms with van der Waals surface area (Å²) < 4.78 is 5.09. The number of ether oxygens (including phenoxy) is 1. The average Bonchev–Trinajstić information content (AvgIpc) is 2.65. The highest BCUT2D eigenvalue weighted by Gasteiger charge is 2.09. The summed E-state index contributed by atoms with van der Waals surface area (Å²) in [6.45, 7) is 9.01. The molecule has 0 aromatic rings. The zero-order valence-corrected chi connectivity index (χ0v) is 18.5. The summed E-state index contributed by atoms with van der Waals surface area (Å²) in [6.07, 6.45) is 5.89. The van der Waals surface area contributed by atoms with Gasteiger partial charge in [-0.15, -0.1) is 0 Å². The lowest BCUT2D eigenvalue weighted by molar-refractivity contribution is -0.127. The molecule has 0 saturated heterocycles. The van der Waals surface area contributed by atoms with Crippen LogP contribution in [0.4, 0.5) is 0 Å². The molecule has 27 heavy (non-hydrogen) atoms. The quantitative estimate of drug-likeness (QED) is 0.256. The molecule has 1 unspecified atom stereocenters. The molecule has 0 aliphatic carbocycles. The number of carbonyl (C=O) groups excluding carboxylic acids is 1. The van der Waals surface area contributed by atoms with Gasteiger partial charge in [0.1, 0.15) is 6.54 Å². The summed E-state index contributed by atoms with van der Waals surface area (Å²) in [5.41, 5.74) is 0. The Morgan fingerprint density at radius 1 is 1.11 bits per heavy atom. The summed E-state index contributed by atoms with van der Waals surface area (Å²) in [7, 11) is 7.35. The van der Waals surface area contributed by atoms with Crippen LogP contribution in [-0.4, -0.2) is 89.3 Å². The molecule has 0 aliphatic heterocycles. The Labute approximate surface area is 166 Å². The molecule has 7 nitrogen and oxygen atoms in total. The van der Waals surface area contributed by atoms with E-state index in [0.29, 0.717) is 5.92 Å². The Kier molecular flexibility index (Phi) is 16.0. The smallest absolute Gasteiger partial charge is 0.243 e. The van der Waals surface area contributed by atoms with E-state index in [1.807, 2.05) is 0 Å². The molecule has 0 aromatic heterocycles. The minimum Gasteiger partial charge on any atom is -0.385 e. The molecule has 2 N–H and O–H groups in total. The van der Waals surface area contributed by atoms with Crippen molar-refractivity contribution in [2.45, 2.75) is 46.0 Å². The fourth-order valence-corrected chi connectivity index (χ4v) is 2.60. The monoisotopic (exact) mass is 385 g/mol. The van der Waals surface area contributed by atoms with Crippen LogP contribution in [0.25, 0.3) is 0 Å². The number of carbonyl (C=O) groups is 1. The molecule has 0 heterocycles. The number of amides is 1. The fraction of sp³-hybridized carbons (Fsp3) is 0.900. The third kappa shape index (κ3) is 14.4. The van der Waals surface area contributed by atoms with Crippen LogP contribution in [0.15, 0.2) is 4.99 Å². The first kappa shape index (κ1) is 25.7. The number of hydrogen-bond acceptors (Lipinski definition) is 4. The van der Waals surface area contributed by atoms with Gasteiger partial charge in [0, 0.05) is 54.0 Å². The molecule has 0 bridgehead atoms. The highest BCUT2D eigenvalue weighted by molar-refractivity contribution is 5.84. The molecular weight excluding hydrogens is 342 g/mol. The van der Waals surface area contributed by atoms with Gasteiger partial charge in [-0.2, -0.15) is 0 Å². The fourth-order valence-electron chi connectivity index (χ4n) is 2.60. The highest BCUT2D eigenvalue weighted by Crippen LogP contribution is 2.11. The molecular formula is C20H43N5O2. The summed E-state index contributed by atoms with van der Waals surface area (Å²) in [4.78, 5) is 20.2. The number of hydrogen-bond donors (Lipinski definition) is 2. The van der Waals surface area contributed by atoms with Crippen molar-refractivity contribution in [1.82, 2.24) is 20.4 Å². The van der Waals surface area contributed by atoms with Crippen LogP contribution >= 0.6 is 0 Å². The first-order valence-electron chi connectivity index (χ1n) is 10.3. The van der Waals surface area contributed by atoms with E-state index < -0.39 is 0 Å². The van der Waals surface area contributed by atoms with Gasteiger partial charge in [0.15, 0.2) is 5.96 Å². The maximum Gasteiger partial charge on any atom is 0.243 e. The summed E-state index contributed by atoms with van der Waals surface area (Å²) in [5.74, 6) is 1.37. The highest BCUT2D eigenvalue weighted by atomic mass is 16.5. The van der Waals surface area contributed by atoms with E-state index in [0.717, 1.165) is 51.6 Å². The van der Waals surface area contributed by atoms with Crippen molar-refractivity contribution in [1.29, 1.82) is 0 Å². The second-order valence-electron chi connectivity index (χ2n) is 7.33.